The SMILES string of the molecule is Cc1cc(C#N)ncc1Oc1cc(Nc2cnn(CCN3CCOCC3)c2)c2ncn(C)c2n1. The van der Waals surface area contributed by atoms with Crippen molar-refractivity contribution >= 4 is 22.5 Å². The molecule has 0 amide bonds. The number of nitrogens with zero attached hydrogens (tertiary/aromatic N) is 8. The van der Waals surface area contributed by atoms with Gasteiger partial charge in [0.05, 0.1) is 49.9 Å². The summed E-state index contributed by atoms with van der Waals surface area (Å²) < 4.78 is 15.2. The lowest BCUT2D eigenvalue weighted by atomic mass is 10.2. The van der Waals surface area contributed by atoms with E-state index in [0.29, 0.717) is 23.0 Å². The van der Waals surface area contributed by atoms with Crippen LogP contribution in [-0.4, -0.2) is 67.0 Å². The lowest BCUT2D eigenvalue weighted by Crippen LogP contribution is -2.38. The normalized spacial score (nSPS) is 14.3. The van der Waals surface area contributed by atoms with Crippen LogP contribution in [-0.2, 0) is 18.3 Å². The molecular formula is C23H25N9O2. The van der Waals surface area contributed by atoms with Crippen LogP contribution in [0.1, 0.15) is 11.3 Å². The molecule has 0 unspecified atom stereocenters. The molecule has 1 N–H and O–H groups in total. The van der Waals surface area contributed by atoms with Gasteiger partial charge in [-0.15, -0.1) is 0 Å². The first-order valence-corrected chi connectivity index (χ1v) is 11.1. The standard InChI is InChI=1S/C23H25N9O2/c1-16-9-17(11-24)25-13-20(16)34-21-10-19(22-23(29-21)30(2)15-26-22)28-18-12-27-32(14-18)4-3-31-5-7-33-8-6-31/h9-10,12-15H,3-8H2,1-2H3,(H,28,29). The molecule has 0 atom stereocenters. The molecule has 0 radical (unpaired) electrons. The zero-order valence-corrected chi connectivity index (χ0v) is 19.1. The van der Waals surface area contributed by atoms with Crippen molar-refractivity contribution < 1.29 is 9.47 Å². The Bertz CT molecular complexity index is 1350. The molecule has 1 aliphatic rings. The molecule has 5 heterocycles. The van der Waals surface area contributed by atoms with Crippen molar-refractivity contribution in [2.45, 2.75) is 13.5 Å². The number of rotatable bonds is 7. The Labute approximate surface area is 196 Å². The van der Waals surface area contributed by atoms with Crippen LogP contribution in [0, 0.1) is 18.3 Å². The summed E-state index contributed by atoms with van der Waals surface area (Å²) in [5, 5.41) is 16.9. The first-order valence-electron chi connectivity index (χ1n) is 11.1. The van der Waals surface area contributed by atoms with Crippen LogP contribution < -0.4 is 10.1 Å². The molecule has 0 aliphatic carbocycles. The molecule has 1 saturated heterocycles. The minimum absolute atomic E-state index is 0.341. The van der Waals surface area contributed by atoms with Crippen LogP contribution in [0.15, 0.2) is 37.1 Å². The summed E-state index contributed by atoms with van der Waals surface area (Å²) in [4.78, 5) is 15.6. The van der Waals surface area contributed by atoms with E-state index < -0.39 is 0 Å². The monoisotopic (exact) mass is 459 g/mol. The second-order valence-corrected chi connectivity index (χ2v) is 8.16. The van der Waals surface area contributed by atoms with E-state index in [1.54, 1.807) is 24.7 Å². The quantitative estimate of drug-likeness (QED) is 0.445. The molecule has 174 valence electrons. The molecule has 1 aliphatic heterocycles. The molecule has 0 saturated carbocycles. The summed E-state index contributed by atoms with van der Waals surface area (Å²) in [7, 11) is 1.88. The molecule has 0 spiro atoms. The highest BCUT2D eigenvalue weighted by atomic mass is 16.5. The minimum Gasteiger partial charge on any atom is -0.437 e. The average Bonchev–Trinajstić information content (AvgIpc) is 3.46. The maximum absolute atomic E-state index is 9.05. The van der Waals surface area contributed by atoms with Crippen molar-refractivity contribution in [1.29, 1.82) is 5.26 Å². The first-order chi connectivity index (χ1) is 16.6. The highest BCUT2D eigenvalue weighted by molar-refractivity contribution is 5.88. The molecule has 0 bridgehead atoms. The molecule has 4 aromatic heterocycles. The van der Waals surface area contributed by atoms with E-state index in [9.17, 15) is 0 Å². The Morgan fingerprint density at radius 2 is 2.03 bits per heavy atom. The lowest BCUT2D eigenvalue weighted by Gasteiger charge is -2.26. The van der Waals surface area contributed by atoms with Gasteiger partial charge >= 0.3 is 0 Å². The van der Waals surface area contributed by atoms with Gasteiger partial charge in [-0.1, -0.05) is 0 Å². The van der Waals surface area contributed by atoms with Gasteiger partial charge < -0.3 is 19.4 Å². The van der Waals surface area contributed by atoms with Crippen molar-refractivity contribution in [1.82, 2.24) is 34.2 Å². The number of fused-ring (bicyclic) bond motifs is 1. The molecule has 1 fully saturated rings. The average molecular weight is 460 g/mol. The van der Waals surface area contributed by atoms with Crippen LogP contribution in [0.2, 0.25) is 0 Å². The van der Waals surface area contributed by atoms with E-state index >= 15 is 0 Å². The molecule has 34 heavy (non-hydrogen) atoms. The molecule has 0 aromatic carbocycles. The van der Waals surface area contributed by atoms with Gasteiger partial charge in [0.15, 0.2) is 11.4 Å². The fourth-order valence-electron chi connectivity index (χ4n) is 3.82. The van der Waals surface area contributed by atoms with Gasteiger partial charge in [-0.2, -0.15) is 15.3 Å². The van der Waals surface area contributed by atoms with Gasteiger partial charge in [0.2, 0.25) is 5.88 Å². The number of morpholine rings is 1. The van der Waals surface area contributed by atoms with Gasteiger partial charge in [0.1, 0.15) is 17.3 Å². The molecular weight excluding hydrogens is 434 g/mol. The van der Waals surface area contributed by atoms with Gasteiger partial charge in [-0.05, 0) is 18.6 Å². The van der Waals surface area contributed by atoms with Gasteiger partial charge in [-0.3, -0.25) is 9.58 Å². The first kappa shape index (κ1) is 21.8. The third kappa shape index (κ3) is 4.68. The Hall–Kier alpha value is -4.01. The van der Waals surface area contributed by atoms with E-state index in [0.717, 1.165) is 61.8 Å². The Balaban J connectivity index is 1.36. The third-order valence-electron chi connectivity index (χ3n) is 5.70. The second kappa shape index (κ2) is 9.46. The predicted octanol–water partition coefficient (Wildman–Crippen LogP) is 2.61. The summed E-state index contributed by atoms with van der Waals surface area (Å²) in [5.74, 6) is 0.933. The number of hydrogen-bond donors (Lipinski definition) is 1. The van der Waals surface area contributed by atoms with Crippen LogP contribution in [0.25, 0.3) is 11.2 Å². The number of aromatic nitrogens is 6. The number of anilines is 2. The largest absolute Gasteiger partial charge is 0.437 e. The van der Waals surface area contributed by atoms with E-state index in [2.05, 4.69) is 30.3 Å². The molecule has 11 heteroatoms. The summed E-state index contributed by atoms with van der Waals surface area (Å²) in [6.45, 7) is 7.09. The zero-order valence-electron chi connectivity index (χ0n) is 19.1. The zero-order chi connectivity index (χ0) is 23.5. The lowest BCUT2D eigenvalue weighted by molar-refractivity contribution is 0.0360. The second-order valence-electron chi connectivity index (χ2n) is 8.16. The summed E-state index contributed by atoms with van der Waals surface area (Å²) in [5.41, 5.74) is 4.15. The minimum atomic E-state index is 0.341. The number of hydrogen-bond acceptors (Lipinski definition) is 9. The van der Waals surface area contributed by atoms with E-state index in [-0.39, 0.29) is 0 Å². The Morgan fingerprint density at radius 3 is 2.82 bits per heavy atom. The van der Waals surface area contributed by atoms with Crippen molar-refractivity contribution in [2.24, 2.45) is 7.05 Å². The predicted molar refractivity (Wildman–Crippen MR) is 125 cm³/mol. The molecule has 4 aromatic rings. The van der Waals surface area contributed by atoms with E-state index in [1.165, 1.54) is 6.20 Å². The van der Waals surface area contributed by atoms with Crippen molar-refractivity contribution in [3.05, 3.63) is 48.3 Å². The van der Waals surface area contributed by atoms with Crippen LogP contribution in [0.3, 0.4) is 0 Å². The Kier molecular flexibility index (Phi) is 6.07. The van der Waals surface area contributed by atoms with E-state index in [1.807, 2.05) is 35.5 Å². The number of nitriles is 1. The highest BCUT2D eigenvalue weighted by Gasteiger charge is 2.15. The number of imidazole rings is 1. The van der Waals surface area contributed by atoms with Crippen molar-refractivity contribution in [2.75, 3.05) is 38.2 Å². The van der Waals surface area contributed by atoms with Crippen molar-refractivity contribution in [3.63, 3.8) is 0 Å². The topological polar surface area (TPSA) is 119 Å². The molecule has 5 rings (SSSR count). The van der Waals surface area contributed by atoms with Crippen LogP contribution in [0.5, 0.6) is 11.6 Å². The number of pyridine rings is 2. The van der Waals surface area contributed by atoms with Crippen LogP contribution in [0.4, 0.5) is 11.4 Å². The highest BCUT2D eigenvalue weighted by Crippen LogP contribution is 2.31. The summed E-state index contributed by atoms with van der Waals surface area (Å²) in [6, 6.07) is 5.52. The summed E-state index contributed by atoms with van der Waals surface area (Å²) >= 11 is 0. The maximum Gasteiger partial charge on any atom is 0.223 e. The van der Waals surface area contributed by atoms with Gasteiger partial charge in [0.25, 0.3) is 0 Å². The third-order valence-corrected chi connectivity index (χ3v) is 5.70. The molecule has 11 nitrogen and oxygen atoms in total. The van der Waals surface area contributed by atoms with Crippen molar-refractivity contribution in [3.8, 4) is 17.7 Å². The Morgan fingerprint density at radius 1 is 1.18 bits per heavy atom. The van der Waals surface area contributed by atoms with Gasteiger partial charge in [0, 0.05) is 38.9 Å². The number of ether oxygens (including phenoxy) is 2. The summed E-state index contributed by atoms with van der Waals surface area (Å²) in [6.07, 6.45) is 7.02. The van der Waals surface area contributed by atoms with Crippen LogP contribution >= 0.6 is 0 Å². The number of aryl methyl sites for hydroxylation is 2. The van der Waals surface area contributed by atoms with E-state index in [4.69, 9.17) is 14.7 Å². The smallest absolute Gasteiger partial charge is 0.223 e. The fourth-order valence-corrected chi connectivity index (χ4v) is 3.82. The fraction of sp³-hybridized carbons (Fsp3) is 0.348. The van der Waals surface area contributed by atoms with Gasteiger partial charge in [-0.25, -0.2) is 9.97 Å². The maximum atomic E-state index is 9.05. The number of nitrogens with one attached hydrogen (secondary N) is 1.